The van der Waals surface area contributed by atoms with Gasteiger partial charge >= 0.3 is 0 Å². The Kier molecular flexibility index (Phi) is 20.7. The van der Waals surface area contributed by atoms with E-state index in [9.17, 15) is 14.4 Å². The lowest BCUT2D eigenvalue weighted by molar-refractivity contribution is -0.127. The van der Waals surface area contributed by atoms with Crippen molar-refractivity contribution in [1.82, 2.24) is 10.6 Å². The molecule has 0 aliphatic carbocycles. The standard InChI is InChI=1S/C18H34N2O6.C2H6.2H2/c1-5-15(4)18(23)20-7-8-24-10-11-26-13-17(22)19-6-9-25-12-16(21)14(2)3;1-2;;/h14-15H,5-13H2,1-4H3,(H,19,22)(H,20,23);1-2H3;2*1H. The summed E-state index contributed by atoms with van der Waals surface area (Å²) in [7, 11) is 0. The second-order valence-electron chi connectivity index (χ2n) is 6.29. The zero-order valence-electron chi connectivity index (χ0n) is 18.5. The first-order valence-corrected chi connectivity index (χ1v) is 10.2. The van der Waals surface area contributed by atoms with Crippen molar-refractivity contribution in [2.24, 2.45) is 11.8 Å². The van der Waals surface area contributed by atoms with Crippen LogP contribution in [0.2, 0.25) is 0 Å². The molecule has 0 aromatic rings. The maximum atomic E-state index is 11.5. The normalized spacial score (nSPS) is 11.4. The van der Waals surface area contributed by atoms with Gasteiger partial charge in [0, 0.05) is 27.8 Å². The highest BCUT2D eigenvalue weighted by Gasteiger charge is 2.09. The van der Waals surface area contributed by atoms with Gasteiger partial charge in [0.15, 0.2) is 5.78 Å². The van der Waals surface area contributed by atoms with E-state index in [0.29, 0.717) is 32.9 Å². The van der Waals surface area contributed by atoms with Gasteiger partial charge in [-0.2, -0.15) is 0 Å². The molecule has 2 N–H and O–H groups in total. The quantitative estimate of drug-likeness (QED) is 0.379. The lowest BCUT2D eigenvalue weighted by atomic mass is 10.1. The van der Waals surface area contributed by atoms with Crippen LogP contribution in [0.1, 0.15) is 50.8 Å². The third-order valence-electron chi connectivity index (χ3n) is 3.67. The summed E-state index contributed by atoms with van der Waals surface area (Å²) in [5.74, 6) is -0.209. The average molecular weight is 409 g/mol. The fourth-order valence-electron chi connectivity index (χ4n) is 1.64. The lowest BCUT2D eigenvalue weighted by Gasteiger charge is -2.10. The predicted octanol–water partition coefficient (Wildman–Crippen LogP) is 2.06. The van der Waals surface area contributed by atoms with Crippen molar-refractivity contribution in [3.63, 3.8) is 0 Å². The maximum Gasteiger partial charge on any atom is 0.246 e. The van der Waals surface area contributed by atoms with Gasteiger partial charge in [-0.05, 0) is 6.42 Å². The molecule has 0 bridgehead atoms. The number of carbonyl (C=O) groups excluding carboxylic acids is 3. The molecule has 0 spiro atoms. The van der Waals surface area contributed by atoms with E-state index in [1.807, 2.05) is 41.5 Å². The smallest absolute Gasteiger partial charge is 0.246 e. The summed E-state index contributed by atoms with van der Waals surface area (Å²) in [5, 5.41) is 5.42. The van der Waals surface area contributed by atoms with Crippen LogP contribution in [0.15, 0.2) is 0 Å². The van der Waals surface area contributed by atoms with E-state index in [1.54, 1.807) is 0 Å². The molecule has 0 fully saturated rings. The van der Waals surface area contributed by atoms with Crippen molar-refractivity contribution in [2.45, 2.75) is 48.0 Å². The van der Waals surface area contributed by atoms with Gasteiger partial charge in [0.1, 0.15) is 13.2 Å². The van der Waals surface area contributed by atoms with Crippen molar-refractivity contribution >= 4 is 17.6 Å². The number of rotatable bonds is 16. The minimum Gasteiger partial charge on any atom is -0.377 e. The number of hydrogen-bond donors (Lipinski definition) is 2. The molecule has 0 heterocycles. The number of carbonyl (C=O) groups is 3. The van der Waals surface area contributed by atoms with Crippen LogP contribution in [0.3, 0.4) is 0 Å². The van der Waals surface area contributed by atoms with E-state index in [1.165, 1.54) is 0 Å². The van der Waals surface area contributed by atoms with Crippen LogP contribution in [-0.4, -0.2) is 70.3 Å². The van der Waals surface area contributed by atoms with Gasteiger partial charge in [-0.3, -0.25) is 14.4 Å². The monoisotopic (exact) mass is 408 g/mol. The summed E-state index contributed by atoms with van der Waals surface area (Å²) in [6.07, 6.45) is 0.810. The molecule has 1 atom stereocenters. The maximum absolute atomic E-state index is 11.5. The van der Waals surface area contributed by atoms with E-state index >= 15 is 0 Å². The second kappa shape index (κ2) is 20.2. The van der Waals surface area contributed by atoms with Crippen LogP contribution >= 0.6 is 0 Å². The van der Waals surface area contributed by atoms with Gasteiger partial charge in [-0.1, -0.05) is 41.5 Å². The molecule has 8 nitrogen and oxygen atoms in total. The number of Topliss-reactive ketones (excluding diaryl/α,β-unsaturated/α-hetero) is 1. The number of ether oxygens (including phenoxy) is 3. The Morgan fingerprint density at radius 1 is 0.821 bits per heavy atom. The molecule has 0 aromatic carbocycles. The molecule has 170 valence electrons. The van der Waals surface area contributed by atoms with Crippen LogP contribution in [0.5, 0.6) is 0 Å². The topological polar surface area (TPSA) is 103 Å². The second-order valence-corrected chi connectivity index (χ2v) is 6.29. The van der Waals surface area contributed by atoms with E-state index < -0.39 is 0 Å². The zero-order valence-corrected chi connectivity index (χ0v) is 18.5. The summed E-state index contributed by atoms with van der Waals surface area (Å²) in [4.78, 5) is 34.3. The van der Waals surface area contributed by atoms with Gasteiger partial charge in [0.2, 0.25) is 11.8 Å². The van der Waals surface area contributed by atoms with E-state index in [4.69, 9.17) is 14.2 Å². The van der Waals surface area contributed by atoms with Crippen molar-refractivity contribution in [3.8, 4) is 0 Å². The van der Waals surface area contributed by atoms with Crippen molar-refractivity contribution in [2.75, 3.05) is 52.7 Å². The highest BCUT2D eigenvalue weighted by Crippen LogP contribution is 1.98. The minimum absolute atomic E-state index is 0. The average Bonchev–Trinajstić information content (AvgIpc) is 2.69. The third kappa shape index (κ3) is 17.9. The fraction of sp³-hybridized carbons (Fsp3) is 0.850. The first-order valence-electron chi connectivity index (χ1n) is 10.2. The SMILES string of the molecule is CC.CCC(C)C(=O)NCCOCCOCC(=O)NCCOCC(=O)C(C)C.[HH].[HH]. The number of nitrogens with one attached hydrogen (secondary N) is 2. The van der Waals surface area contributed by atoms with Crippen LogP contribution in [0.4, 0.5) is 0 Å². The first kappa shape index (κ1) is 28.7. The Balaban J connectivity index is -0.000000817. The van der Waals surface area contributed by atoms with Crippen molar-refractivity contribution in [3.05, 3.63) is 0 Å². The summed E-state index contributed by atoms with van der Waals surface area (Å²) < 4.78 is 15.7. The number of ketones is 1. The molecule has 1 unspecified atom stereocenters. The first-order chi connectivity index (χ1) is 13.4. The van der Waals surface area contributed by atoms with Crippen molar-refractivity contribution in [1.29, 1.82) is 0 Å². The molecule has 0 aliphatic heterocycles. The van der Waals surface area contributed by atoms with E-state index in [0.717, 1.165) is 6.42 Å². The Morgan fingerprint density at radius 2 is 1.36 bits per heavy atom. The summed E-state index contributed by atoms with van der Waals surface area (Å²) >= 11 is 0. The minimum atomic E-state index is -0.246. The summed E-state index contributed by atoms with van der Waals surface area (Å²) in [6, 6.07) is 0. The molecule has 0 rings (SSSR count). The molecular formula is C20H44N2O6. The van der Waals surface area contributed by atoms with Crippen molar-refractivity contribution < 1.29 is 31.4 Å². The molecule has 0 saturated heterocycles. The molecule has 0 radical (unpaired) electrons. The predicted molar refractivity (Wildman–Crippen MR) is 113 cm³/mol. The van der Waals surface area contributed by atoms with Crippen LogP contribution < -0.4 is 10.6 Å². The van der Waals surface area contributed by atoms with Crippen LogP contribution in [-0.2, 0) is 28.6 Å². The van der Waals surface area contributed by atoms with Gasteiger partial charge in [0.05, 0.1) is 26.4 Å². The molecule has 8 heteroatoms. The molecule has 0 aliphatic rings. The molecular weight excluding hydrogens is 364 g/mol. The Morgan fingerprint density at radius 3 is 1.96 bits per heavy atom. The van der Waals surface area contributed by atoms with E-state index in [2.05, 4.69) is 10.6 Å². The Bertz CT molecular complexity index is 426. The summed E-state index contributed by atoms with van der Waals surface area (Å²) in [6.45, 7) is 13.6. The zero-order chi connectivity index (χ0) is 21.8. The Hall–Kier alpha value is -1.51. The van der Waals surface area contributed by atoms with Gasteiger partial charge < -0.3 is 24.8 Å². The highest BCUT2D eigenvalue weighted by molar-refractivity contribution is 5.81. The molecule has 2 amide bonds. The number of hydrogen-bond acceptors (Lipinski definition) is 6. The molecule has 0 aromatic heterocycles. The Labute approximate surface area is 173 Å². The van der Waals surface area contributed by atoms with Crippen LogP contribution in [0, 0.1) is 11.8 Å². The number of amides is 2. The largest absolute Gasteiger partial charge is 0.377 e. The van der Waals surface area contributed by atoms with Gasteiger partial charge in [-0.15, -0.1) is 0 Å². The molecule has 0 saturated carbocycles. The fourth-order valence-corrected chi connectivity index (χ4v) is 1.64. The highest BCUT2D eigenvalue weighted by atomic mass is 16.5. The van der Waals surface area contributed by atoms with Gasteiger partial charge in [-0.25, -0.2) is 0 Å². The lowest BCUT2D eigenvalue weighted by Crippen LogP contribution is -2.32. The van der Waals surface area contributed by atoms with Gasteiger partial charge in [0.25, 0.3) is 0 Å². The van der Waals surface area contributed by atoms with Crippen LogP contribution in [0.25, 0.3) is 0 Å². The summed E-state index contributed by atoms with van der Waals surface area (Å²) in [5.41, 5.74) is 0. The third-order valence-corrected chi connectivity index (χ3v) is 3.67. The molecule has 28 heavy (non-hydrogen) atoms. The van der Waals surface area contributed by atoms with E-state index in [-0.39, 0.29) is 52.1 Å².